The molecule has 4 nitrogen and oxygen atoms in total. The van der Waals surface area contributed by atoms with Crippen molar-refractivity contribution in [1.82, 2.24) is 3.97 Å². The fourth-order valence-corrected chi connectivity index (χ4v) is 7.01. The van der Waals surface area contributed by atoms with Crippen molar-refractivity contribution in [3.05, 3.63) is 161 Å². The van der Waals surface area contributed by atoms with Gasteiger partial charge in [0.05, 0.1) is 22.0 Å². The standard InChI is InChI=1S/C36H28N2O2S/c1-26-17-19-33(20-18-26)41(39,40)38-32(21-27-11-5-2-6-12-27)24-30-23-31(25-37)34(22-28-13-7-3-8-14-28)35(36(30)38)29-15-9-4-10-16-29/h2-20,23-24H,21-22H2,1H3. The fourth-order valence-electron chi connectivity index (χ4n) is 5.46. The van der Waals surface area contributed by atoms with E-state index in [1.807, 2.05) is 122 Å². The predicted molar refractivity (Wildman–Crippen MR) is 164 cm³/mol. The molecule has 0 saturated heterocycles. The highest BCUT2D eigenvalue weighted by Crippen LogP contribution is 2.40. The van der Waals surface area contributed by atoms with E-state index in [1.165, 1.54) is 3.97 Å². The number of hydrogen-bond acceptors (Lipinski definition) is 3. The molecule has 0 aliphatic heterocycles. The van der Waals surface area contributed by atoms with Crippen molar-refractivity contribution in [1.29, 1.82) is 5.26 Å². The third kappa shape index (κ3) is 5.06. The van der Waals surface area contributed by atoms with E-state index in [1.54, 1.807) is 12.1 Å². The number of aryl methyl sites for hydroxylation is 1. The quantitative estimate of drug-likeness (QED) is 0.202. The molecule has 0 bridgehead atoms. The summed E-state index contributed by atoms with van der Waals surface area (Å²) in [4.78, 5) is 0.225. The molecule has 0 N–H and O–H groups in total. The molecule has 5 aromatic carbocycles. The maximum absolute atomic E-state index is 14.5. The molecule has 41 heavy (non-hydrogen) atoms. The lowest BCUT2D eigenvalue weighted by Gasteiger charge is -2.18. The molecule has 0 unspecified atom stereocenters. The van der Waals surface area contributed by atoms with Crippen molar-refractivity contribution >= 4 is 20.9 Å². The monoisotopic (exact) mass is 552 g/mol. The summed E-state index contributed by atoms with van der Waals surface area (Å²) in [7, 11) is -4.00. The Morgan fingerprint density at radius 1 is 0.707 bits per heavy atom. The molecule has 0 aliphatic rings. The van der Waals surface area contributed by atoms with Crippen LogP contribution in [0.15, 0.2) is 132 Å². The van der Waals surface area contributed by atoms with E-state index in [0.717, 1.165) is 38.8 Å². The summed E-state index contributed by atoms with van der Waals surface area (Å²) in [5, 5.41) is 11.0. The van der Waals surface area contributed by atoms with Crippen LogP contribution in [0.4, 0.5) is 0 Å². The second kappa shape index (κ2) is 10.9. The van der Waals surface area contributed by atoms with Gasteiger partial charge in [-0.3, -0.25) is 0 Å². The smallest absolute Gasteiger partial charge is 0.237 e. The minimum absolute atomic E-state index is 0.225. The zero-order valence-electron chi connectivity index (χ0n) is 22.7. The van der Waals surface area contributed by atoms with E-state index in [4.69, 9.17) is 0 Å². The first kappa shape index (κ1) is 26.3. The molecule has 0 saturated carbocycles. The van der Waals surface area contributed by atoms with Crippen LogP contribution < -0.4 is 0 Å². The van der Waals surface area contributed by atoms with Gasteiger partial charge in [0.1, 0.15) is 0 Å². The molecule has 0 amide bonds. The summed E-state index contributed by atoms with van der Waals surface area (Å²) in [6.07, 6.45) is 0.915. The van der Waals surface area contributed by atoms with Gasteiger partial charge in [0.2, 0.25) is 0 Å². The summed E-state index contributed by atoms with van der Waals surface area (Å²) in [6, 6.07) is 42.8. The van der Waals surface area contributed by atoms with Crippen LogP contribution in [-0.2, 0) is 22.9 Å². The Morgan fingerprint density at radius 2 is 1.27 bits per heavy atom. The van der Waals surface area contributed by atoms with Crippen molar-refractivity contribution in [3.8, 4) is 17.2 Å². The summed E-state index contributed by atoms with van der Waals surface area (Å²) in [6.45, 7) is 1.94. The van der Waals surface area contributed by atoms with Gasteiger partial charge in [0, 0.05) is 23.1 Å². The molecule has 0 spiro atoms. The number of aromatic nitrogens is 1. The molecule has 0 aliphatic carbocycles. The molecule has 6 aromatic rings. The van der Waals surface area contributed by atoms with Crippen LogP contribution in [0.1, 0.15) is 33.5 Å². The zero-order valence-corrected chi connectivity index (χ0v) is 23.5. The van der Waals surface area contributed by atoms with E-state index in [2.05, 4.69) is 6.07 Å². The van der Waals surface area contributed by atoms with Crippen LogP contribution in [0.5, 0.6) is 0 Å². The lowest BCUT2D eigenvalue weighted by atomic mass is 9.89. The Balaban J connectivity index is 1.73. The van der Waals surface area contributed by atoms with E-state index in [0.29, 0.717) is 29.6 Å². The van der Waals surface area contributed by atoms with Gasteiger partial charge in [0.15, 0.2) is 0 Å². The average Bonchev–Trinajstić information content (AvgIpc) is 3.36. The highest BCUT2D eigenvalue weighted by Gasteiger charge is 2.28. The van der Waals surface area contributed by atoms with Crippen molar-refractivity contribution in [2.75, 3.05) is 0 Å². The Bertz CT molecular complexity index is 1990. The number of benzene rings is 5. The van der Waals surface area contributed by atoms with Crippen LogP contribution in [0, 0.1) is 18.3 Å². The second-order valence-electron chi connectivity index (χ2n) is 10.2. The predicted octanol–water partition coefficient (Wildman–Crippen LogP) is 7.91. The normalized spacial score (nSPS) is 11.4. The number of hydrogen-bond donors (Lipinski definition) is 0. The highest BCUT2D eigenvalue weighted by atomic mass is 32.2. The number of nitrogens with zero attached hydrogens (tertiary/aromatic N) is 2. The van der Waals surface area contributed by atoms with Crippen LogP contribution in [0.3, 0.4) is 0 Å². The SMILES string of the molecule is Cc1ccc(S(=O)(=O)n2c(Cc3ccccc3)cc3cc(C#N)c(Cc4ccccc4)c(-c4ccccc4)c32)cc1. The summed E-state index contributed by atoms with van der Waals surface area (Å²) in [5.74, 6) is 0. The third-order valence-electron chi connectivity index (χ3n) is 7.42. The number of nitriles is 1. The van der Waals surface area contributed by atoms with Crippen molar-refractivity contribution in [2.24, 2.45) is 0 Å². The van der Waals surface area contributed by atoms with Gasteiger partial charge in [-0.05, 0) is 59.9 Å². The maximum Gasteiger partial charge on any atom is 0.268 e. The summed E-state index contributed by atoms with van der Waals surface area (Å²) < 4.78 is 30.6. The van der Waals surface area contributed by atoms with E-state index >= 15 is 0 Å². The molecule has 0 radical (unpaired) electrons. The number of fused-ring (bicyclic) bond motifs is 1. The highest BCUT2D eigenvalue weighted by molar-refractivity contribution is 7.90. The minimum atomic E-state index is -4.00. The Hall–Kier alpha value is -4.92. The van der Waals surface area contributed by atoms with Gasteiger partial charge in [-0.1, -0.05) is 109 Å². The third-order valence-corrected chi connectivity index (χ3v) is 9.18. The van der Waals surface area contributed by atoms with Gasteiger partial charge in [-0.2, -0.15) is 5.26 Å². The molecular formula is C36H28N2O2S. The van der Waals surface area contributed by atoms with E-state index in [9.17, 15) is 13.7 Å². The van der Waals surface area contributed by atoms with Crippen LogP contribution in [0.25, 0.3) is 22.0 Å². The largest absolute Gasteiger partial charge is 0.268 e. The molecule has 0 fully saturated rings. The molecule has 0 atom stereocenters. The first-order chi connectivity index (χ1) is 20.0. The first-order valence-electron chi connectivity index (χ1n) is 13.5. The van der Waals surface area contributed by atoms with Crippen LogP contribution in [0.2, 0.25) is 0 Å². The van der Waals surface area contributed by atoms with Gasteiger partial charge in [-0.15, -0.1) is 0 Å². The van der Waals surface area contributed by atoms with Gasteiger partial charge < -0.3 is 0 Å². The number of rotatable bonds is 7. The lowest BCUT2D eigenvalue weighted by Crippen LogP contribution is -2.17. The Kier molecular flexibility index (Phi) is 7.01. The van der Waals surface area contributed by atoms with Crippen molar-refractivity contribution < 1.29 is 8.42 Å². The van der Waals surface area contributed by atoms with Crippen molar-refractivity contribution in [3.63, 3.8) is 0 Å². The van der Waals surface area contributed by atoms with E-state index < -0.39 is 10.0 Å². The van der Waals surface area contributed by atoms with Gasteiger partial charge >= 0.3 is 0 Å². The topological polar surface area (TPSA) is 62.9 Å². The summed E-state index contributed by atoms with van der Waals surface area (Å²) >= 11 is 0. The Morgan fingerprint density at radius 3 is 1.85 bits per heavy atom. The summed E-state index contributed by atoms with van der Waals surface area (Å²) in [5.41, 5.74) is 7.24. The van der Waals surface area contributed by atoms with E-state index in [-0.39, 0.29) is 4.90 Å². The molecule has 200 valence electrons. The first-order valence-corrected chi connectivity index (χ1v) is 15.0. The van der Waals surface area contributed by atoms with Crippen LogP contribution >= 0.6 is 0 Å². The van der Waals surface area contributed by atoms with Gasteiger partial charge in [0.25, 0.3) is 10.0 Å². The van der Waals surface area contributed by atoms with Crippen LogP contribution in [-0.4, -0.2) is 12.4 Å². The second-order valence-corrected chi connectivity index (χ2v) is 12.0. The molecule has 5 heteroatoms. The Labute approximate surface area is 240 Å². The minimum Gasteiger partial charge on any atom is -0.237 e. The molecular weight excluding hydrogens is 524 g/mol. The lowest BCUT2D eigenvalue weighted by molar-refractivity contribution is 0.587. The molecule has 1 aromatic heterocycles. The zero-order chi connectivity index (χ0) is 28.4. The average molecular weight is 553 g/mol. The van der Waals surface area contributed by atoms with Gasteiger partial charge in [-0.25, -0.2) is 12.4 Å². The van der Waals surface area contributed by atoms with Crippen molar-refractivity contribution in [2.45, 2.75) is 24.7 Å². The maximum atomic E-state index is 14.5. The fraction of sp³-hybridized carbons (Fsp3) is 0.0833. The molecule has 6 rings (SSSR count). The molecule has 1 heterocycles.